The fourth-order valence-electron chi connectivity index (χ4n) is 2.90. The van der Waals surface area contributed by atoms with Crippen LogP contribution in [0.15, 0.2) is 0 Å². The topological polar surface area (TPSA) is 41.6 Å². The van der Waals surface area contributed by atoms with E-state index in [2.05, 4.69) is 5.32 Å². The molecule has 1 aliphatic rings. The van der Waals surface area contributed by atoms with E-state index in [-0.39, 0.29) is 18.9 Å². The Labute approximate surface area is 124 Å². The Morgan fingerprint density at radius 3 is 2.24 bits per heavy atom. The first-order valence-electron chi connectivity index (χ1n) is 7.23. The Morgan fingerprint density at radius 2 is 1.86 bits per heavy atom. The molecule has 1 rings (SSSR count). The highest BCUT2D eigenvalue weighted by Crippen LogP contribution is 2.34. The summed E-state index contributed by atoms with van der Waals surface area (Å²) in [6.07, 6.45) is -3.95. The second-order valence-electron chi connectivity index (χ2n) is 6.21. The number of carbonyl (C=O) groups excluding carboxylic acids is 1. The van der Waals surface area contributed by atoms with E-state index in [4.69, 9.17) is 4.74 Å². The molecule has 0 aliphatic carbocycles. The van der Waals surface area contributed by atoms with Gasteiger partial charge in [-0.1, -0.05) is 0 Å². The average molecular weight is 310 g/mol. The molecular formula is C14H25F3N2O2. The van der Waals surface area contributed by atoms with E-state index in [1.54, 1.807) is 6.92 Å². The standard InChI is InChI=1S/C14H25F3N2O2/c1-10(2)18-13(3,12(20)21-4)9-19-7-5-11(6-8-19)14(15,16)17/h10-11,18H,5-9H2,1-4H3. The molecule has 21 heavy (non-hydrogen) atoms. The maximum Gasteiger partial charge on any atom is 0.391 e. The molecule has 0 bridgehead atoms. The number of alkyl halides is 3. The zero-order valence-electron chi connectivity index (χ0n) is 13.1. The number of rotatable bonds is 5. The van der Waals surface area contributed by atoms with Crippen LogP contribution in [0.25, 0.3) is 0 Å². The quantitative estimate of drug-likeness (QED) is 0.791. The number of carbonyl (C=O) groups is 1. The predicted molar refractivity (Wildman–Crippen MR) is 73.9 cm³/mol. The lowest BCUT2D eigenvalue weighted by molar-refractivity contribution is -0.185. The minimum absolute atomic E-state index is 0.0711. The first-order valence-corrected chi connectivity index (χ1v) is 7.23. The molecule has 1 aliphatic heterocycles. The third-order valence-electron chi connectivity index (χ3n) is 3.83. The number of methoxy groups -OCH3 is 1. The number of ether oxygens (including phenoxy) is 1. The highest BCUT2D eigenvalue weighted by Gasteiger charge is 2.43. The van der Waals surface area contributed by atoms with Crippen molar-refractivity contribution >= 4 is 5.97 Å². The second kappa shape index (κ2) is 6.96. The molecule has 1 N–H and O–H groups in total. The van der Waals surface area contributed by atoms with E-state index in [9.17, 15) is 18.0 Å². The third kappa shape index (κ3) is 5.14. The zero-order valence-corrected chi connectivity index (χ0v) is 13.1. The van der Waals surface area contributed by atoms with Crippen LogP contribution >= 0.6 is 0 Å². The number of hydrogen-bond donors (Lipinski definition) is 1. The Hall–Kier alpha value is -0.820. The lowest BCUT2D eigenvalue weighted by atomic mass is 9.93. The summed E-state index contributed by atoms with van der Waals surface area (Å²) in [6, 6.07) is 0.0711. The molecule has 1 heterocycles. The van der Waals surface area contributed by atoms with Crippen molar-refractivity contribution in [2.45, 2.75) is 51.4 Å². The Balaban J connectivity index is 2.64. The van der Waals surface area contributed by atoms with Gasteiger partial charge in [-0.3, -0.25) is 10.1 Å². The summed E-state index contributed by atoms with van der Waals surface area (Å²) in [5.41, 5.74) is -0.909. The predicted octanol–water partition coefficient (Wildman–Crippen LogP) is 2.19. The maximum atomic E-state index is 12.7. The van der Waals surface area contributed by atoms with Gasteiger partial charge in [0.25, 0.3) is 0 Å². The molecule has 0 spiro atoms. The van der Waals surface area contributed by atoms with Crippen molar-refractivity contribution < 1.29 is 22.7 Å². The number of likely N-dealkylation sites (tertiary alicyclic amines) is 1. The Kier molecular flexibility index (Phi) is 6.04. The van der Waals surface area contributed by atoms with Crippen LogP contribution in [0.4, 0.5) is 13.2 Å². The second-order valence-corrected chi connectivity index (χ2v) is 6.21. The molecular weight excluding hydrogens is 285 g/mol. The summed E-state index contributed by atoms with van der Waals surface area (Å²) in [5.74, 6) is -1.62. The fraction of sp³-hybridized carbons (Fsp3) is 0.929. The van der Waals surface area contributed by atoms with Gasteiger partial charge in [-0.25, -0.2) is 0 Å². The number of nitrogens with zero attached hydrogens (tertiary/aromatic N) is 1. The molecule has 0 aromatic rings. The van der Waals surface area contributed by atoms with Crippen LogP contribution in [-0.4, -0.2) is 55.4 Å². The zero-order chi connectivity index (χ0) is 16.3. The van der Waals surface area contributed by atoms with Gasteiger partial charge in [0.2, 0.25) is 0 Å². The number of piperidine rings is 1. The summed E-state index contributed by atoms with van der Waals surface area (Å²) in [4.78, 5) is 13.9. The van der Waals surface area contributed by atoms with Gasteiger partial charge in [0.15, 0.2) is 0 Å². The van der Waals surface area contributed by atoms with Gasteiger partial charge in [-0.05, 0) is 46.7 Å². The minimum atomic E-state index is -4.12. The smallest absolute Gasteiger partial charge is 0.391 e. The maximum absolute atomic E-state index is 12.7. The van der Waals surface area contributed by atoms with E-state index >= 15 is 0 Å². The molecule has 124 valence electrons. The van der Waals surface area contributed by atoms with E-state index in [0.717, 1.165) is 0 Å². The van der Waals surface area contributed by atoms with Gasteiger partial charge < -0.3 is 9.64 Å². The van der Waals surface area contributed by atoms with Crippen LogP contribution in [0.2, 0.25) is 0 Å². The van der Waals surface area contributed by atoms with Crippen LogP contribution in [0.5, 0.6) is 0 Å². The van der Waals surface area contributed by atoms with Gasteiger partial charge in [-0.15, -0.1) is 0 Å². The lowest BCUT2D eigenvalue weighted by Gasteiger charge is -2.39. The van der Waals surface area contributed by atoms with Gasteiger partial charge >= 0.3 is 12.1 Å². The highest BCUT2D eigenvalue weighted by atomic mass is 19.4. The van der Waals surface area contributed by atoms with Gasteiger partial charge in [-0.2, -0.15) is 13.2 Å². The molecule has 0 aromatic heterocycles. The third-order valence-corrected chi connectivity index (χ3v) is 3.83. The lowest BCUT2D eigenvalue weighted by Crippen LogP contribution is -2.60. The largest absolute Gasteiger partial charge is 0.468 e. The molecule has 1 unspecified atom stereocenters. The van der Waals surface area contributed by atoms with E-state index in [0.29, 0.717) is 19.6 Å². The first-order chi connectivity index (χ1) is 9.58. The van der Waals surface area contributed by atoms with Crippen molar-refractivity contribution in [2.24, 2.45) is 5.92 Å². The van der Waals surface area contributed by atoms with Crippen LogP contribution in [0, 0.1) is 5.92 Å². The monoisotopic (exact) mass is 310 g/mol. The van der Waals surface area contributed by atoms with E-state index in [1.807, 2.05) is 18.7 Å². The minimum Gasteiger partial charge on any atom is -0.468 e. The molecule has 4 nitrogen and oxygen atoms in total. The van der Waals surface area contributed by atoms with Crippen molar-refractivity contribution in [3.05, 3.63) is 0 Å². The SMILES string of the molecule is COC(=O)C(C)(CN1CCC(C(F)(F)F)CC1)NC(C)C. The number of nitrogens with one attached hydrogen (secondary N) is 1. The summed E-state index contributed by atoms with van der Waals surface area (Å²) in [7, 11) is 1.32. The number of hydrogen-bond acceptors (Lipinski definition) is 4. The summed E-state index contributed by atoms with van der Waals surface area (Å²) >= 11 is 0. The molecule has 1 atom stereocenters. The molecule has 7 heteroatoms. The molecule has 1 fully saturated rings. The van der Waals surface area contributed by atoms with Gasteiger partial charge in [0.1, 0.15) is 5.54 Å². The van der Waals surface area contributed by atoms with E-state index < -0.39 is 23.6 Å². The van der Waals surface area contributed by atoms with Crippen molar-refractivity contribution in [3.63, 3.8) is 0 Å². The van der Waals surface area contributed by atoms with Crippen molar-refractivity contribution in [3.8, 4) is 0 Å². The molecule has 1 saturated heterocycles. The number of esters is 1. The van der Waals surface area contributed by atoms with Crippen LogP contribution in [-0.2, 0) is 9.53 Å². The normalized spacial score (nSPS) is 21.3. The molecule has 0 saturated carbocycles. The molecule has 0 radical (unpaired) electrons. The fourth-order valence-corrected chi connectivity index (χ4v) is 2.90. The number of halogens is 3. The summed E-state index contributed by atoms with van der Waals surface area (Å²) < 4.78 is 42.8. The van der Waals surface area contributed by atoms with Gasteiger partial charge in [0.05, 0.1) is 13.0 Å². The van der Waals surface area contributed by atoms with Gasteiger partial charge in [0, 0.05) is 12.6 Å². The average Bonchev–Trinajstić information content (AvgIpc) is 2.36. The Bertz CT molecular complexity index is 353. The van der Waals surface area contributed by atoms with Crippen LogP contribution in [0.3, 0.4) is 0 Å². The highest BCUT2D eigenvalue weighted by molar-refractivity contribution is 5.80. The first kappa shape index (κ1) is 18.2. The van der Waals surface area contributed by atoms with E-state index in [1.165, 1.54) is 7.11 Å². The molecule has 0 aromatic carbocycles. The summed E-state index contributed by atoms with van der Waals surface area (Å²) in [5, 5.41) is 3.16. The van der Waals surface area contributed by atoms with Crippen LogP contribution in [0.1, 0.15) is 33.6 Å². The van der Waals surface area contributed by atoms with Crippen molar-refractivity contribution in [2.75, 3.05) is 26.7 Å². The summed E-state index contributed by atoms with van der Waals surface area (Å²) in [6.45, 7) is 6.60. The van der Waals surface area contributed by atoms with Crippen LogP contribution < -0.4 is 5.32 Å². The van der Waals surface area contributed by atoms with Crippen molar-refractivity contribution in [1.82, 2.24) is 10.2 Å². The Morgan fingerprint density at radius 1 is 1.33 bits per heavy atom. The van der Waals surface area contributed by atoms with Crippen molar-refractivity contribution in [1.29, 1.82) is 0 Å². The molecule has 0 amide bonds.